The highest BCUT2D eigenvalue weighted by molar-refractivity contribution is 5.50. The molecule has 1 heteroatoms. The smallest absolute Gasteiger partial charge is 0.0759 e. The van der Waals surface area contributed by atoms with E-state index in [-0.39, 0.29) is 0 Å². The first-order chi connectivity index (χ1) is 6.84. The Labute approximate surface area is 85.4 Å². The van der Waals surface area contributed by atoms with Crippen LogP contribution in [0.3, 0.4) is 0 Å². The SMILES string of the molecule is Cc1ccc(C=CC2CCCO2)cc1. The van der Waals surface area contributed by atoms with Crippen molar-refractivity contribution >= 4 is 6.08 Å². The van der Waals surface area contributed by atoms with Crippen LogP contribution >= 0.6 is 0 Å². The molecule has 0 aromatic heterocycles. The molecule has 1 saturated heterocycles. The van der Waals surface area contributed by atoms with Crippen LogP contribution in [0.4, 0.5) is 0 Å². The summed E-state index contributed by atoms with van der Waals surface area (Å²) in [5, 5.41) is 0. The molecule has 1 nitrogen and oxygen atoms in total. The Morgan fingerprint density at radius 1 is 1.29 bits per heavy atom. The standard InChI is InChI=1S/C13H16O/c1-11-4-6-12(7-5-11)8-9-13-3-2-10-14-13/h4-9,13H,2-3,10H2,1H3. The van der Waals surface area contributed by atoms with Crippen molar-refractivity contribution in [2.75, 3.05) is 6.61 Å². The van der Waals surface area contributed by atoms with Gasteiger partial charge in [0.2, 0.25) is 0 Å². The van der Waals surface area contributed by atoms with Gasteiger partial charge in [-0.2, -0.15) is 0 Å². The summed E-state index contributed by atoms with van der Waals surface area (Å²) in [6.07, 6.45) is 7.02. The van der Waals surface area contributed by atoms with Crippen LogP contribution in [0.2, 0.25) is 0 Å². The van der Waals surface area contributed by atoms with Gasteiger partial charge < -0.3 is 4.74 Å². The highest BCUT2D eigenvalue weighted by Gasteiger charge is 2.10. The highest BCUT2D eigenvalue weighted by atomic mass is 16.5. The van der Waals surface area contributed by atoms with E-state index in [1.54, 1.807) is 0 Å². The minimum Gasteiger partial charge on any atom is -0.374 e. The molecule has 1 aliphatic heterocycles. The maximum atomic E-state index is 5.51. The topological polar surface area (TPSA) is 9.23 Å². The third-order valence-electron chi connectivity index (χ3n) is 2.55. The second-order valence-electron chi connectivity index (χ2n) is 3.82. The summed E-state index contributed by atoms with van der Waals surface area (Å²) in [6, 6.07) is 8.55. The van der Waals surface area contributed by atoms with Crippen molar-refractivity contribution in [2.45, 2.75) is 25.9 Å². The maximum Gasteiger partial charge on any atom is 0.0759 e. The van der Waals surface area contributed by atoms with Crippen LogP contribution in [0.15, 0.2) is 30.3 Å². The molecule has 1 aliphatic rings. The fourth-order valence-electron chi connectivity index (χ4n) is 1.65. The van der Waals surface area contributed by atoms with Crippen molar-refractivity contribution in [2.24, 2.45) is 0 Å². The van der Waals surface area contributed by atoms with Gasteiger partial charge in [0.05, 0.1) is 6.10 Å². The molecule has 0 spiro atoms. The summed E-state index contributed by atoms with van der Waals surface area (Å²) in [6.45, 7) is 3.02. The third-order valence-corrected chi connectivity index (χ3v) is 2.55. The van der Waals surface area contributed by atoms with Crippen molar-refractivity contribution in [3.05, 3.63) is 41.5 Å². The van der Waals surface area contributed by atoms with E-state index in [0.717, 1.165) is 6.61 Å². The van der Waals surface area contributed by atoms with Crippen LogP contribution in [-0.4, -0.2) is 12.7 Å². The first-order valence-electron chi connectivity index (χ1n) is 5.21. The molecule has 0 amide bonds. The van der Waals surface area contributed by atoms with Gasteiger partial charge in [-0.1, -0.05) is 42.0 Å². The summed E-state index contributed by atoms with van der Waals surface area (Å²) < 4.78 is 5.51. The summed E-state index contributed by atoms with van der Waals surface area (Å²) in [4.78, 5) is 0. The molecule has 74 valence electrons. The number of aryl methyl sites for hydroxylation is 1. The van der Waals surface area contributed by atoms with Crippen LogP contribution in [-0.2, 0) is 4.74 Å². The van der Waals surface area contributed by atoms with E-state index in [1.165, 1.54) is 24.0 Å². The van der Waals surface area contributed by atoms with Gasteiger partial charge in [-0.05, 0) is 25.3 Å². The normalized spacial score (nSPS) is 21.9. The van der Waals surface area contributed by atoms with Gasteiger partial charge in [-0.15, -0.1) is 0 Å². The molecule has 0 aliphatic carbocycles. The van der Waals surface area contributed by atoms with Crippen molar-refractivity contribution in [1.29, 1.82) is 0 Å². The van der Waals surface area contributed by atoms with Crippen molar-refractivity contribution in [3.8, 4) is 0 Å². The summed E-state index contributed by atoms with van der Waals surface area (Å²) in [7, 11) is 0. The zero-order valence-electron chi connectivity index (χ0n) is 8.57. The van der Waals surface area contributed by atoms with E-state index in [1.807, 2.05) is 0 Å². The second kappa shape index (κ2) is 4.43. The maximum absolute atomic E-state index is 5.51. The number of hydrogen-bond acceptors (Lipinski definition) is 1. The lowest BCUT2D eigenvalue weighted by Gasteiger charge is -2.01. The molecule has 1 aromatic rings. The Balaban J connectivity index is 1.99. The van der Waals surface area contributed by atoms with Crippen LogP contribution in [0.5, 0.6) is 0 Å². The van der Waals surface area contributed by atoms with Crippen LogP contribution in [0, 0.1) is 6.92 Å². The predicted octanol–water partition coefficient (Wildman–Crippen LogP) is 3.19. The molecule has 0 saturated carbocycles. The quantitative estimate of drug-likeness (QED) is 0.692. The molecule has 1 fully saturated rings. The lowest BCUT2D eigenvalue weighted by molar-refractivity contribution is 0.146. The van der Waals surface area contributed by atoms with Gasteiger partial charge in [0, 0.05) is 6.61 Å². The molecule has 0 radical (unpaired) electrons. The minimum atomic E-state index is 0.344. The number of ether oxygens (including phenoxy) is 1. The van der Waals surface area contributed by atoms with Crippen LogP contribution in [0.25, 0.3) is 6.08 Å². The lowest BCUT2D eigenvalue weighted by Crippen LogP contribution is -1.98. The molecule has 0 bridgehead atoms. The van der Waals surface area contributed by atoms with E-state index in [2.05, 4.69) is 43.3 Å². The Morgan fingerprint density at radius 3 is 2.71 bits per heavy atom. The predicted molar refractivity (Wildman–Crippen MR) is 59.2 cm³/mol. The number of benzene rings is 1. The minimum absolute atomic E-state index is 0.344. The average Bonchev–Trinajstić information content (AvgIpc) is 2.70. The fourth-order valence-corrected chi connectivity index (χ4v) is 1.65. The molecule has 0 N–H and O–H groups in total. The zero-order chi connectivity index (χ0) is 9.80. The first-order valence-corrected chi connectivity index (χ1v) is 5.21. The van der Waals surface area contributed by atoms with Crippen LogP contribution < -0.4 is 0 Å². The number of hydrogen-bond donors (Lipinski definition) is 0. The van der Waals surface area contributed by atoms with E-state index >= 15 is 0 Å². The second-order valence-corrected chi connectivity index (χ2v) is 3.82. The van der Waals surface area contributed by atoms with Crippen molar-refractivity contribution in [3.63, 3.8) is 0 Å². The van der Waals surface area contributed by atoms with E-state index in [0.29, 0.717) is 6.10 Å². The Kier molecular flexibility index (Phi) is 3.00. The summed E-state index contributed by atoms with van der Waals surface area (Å²) >= 11 is 0. The molecule has 2 rings (SSSR count). The van der Waals surface area contributed by atoms with E-state index < -0.39 is 0 Å². The highest BCUT2D eigenvalue weighted by Crippen LogP contribution is 2.14. The lowest BCUT2D eigenvalue weighted by atomic mass is 10.1. The van der Waals surface area contributed by atoms with E-state index in [4.69, 9.17) is 4.74 Å². The average molecular weight is 188 g/mol. The van der Waals surface area contributed by atoms with Gasteiger partial charge in [-0.3, -0.25) is 0 Å². The Bertz CT molecular complexity index is 305. The third kappa shape index (κ3) is 2.46. The molecule has 14 heavy (non-hydrogen) atoms. The number of rotatable bonds is 2. The zero-order valence-corrected chi connectivity index (χ0v) is 8.57. The monoisotopic (exact) mass is 188 g/mol. The van der Waals surface area contributed by atoms with Crippen LogP contribution in [0.1, 0.15) is 24.0 Å². The summed E-state index contributed by atoms with van der Waals surface area (Å²) in [5.41, 5.74) is 2.56. The van der Waals surface area contributed by atoms with E-state index in [9.17, 15) is 0 Å². The largest absolute Gasteiger partial charge is 0.374 e. The van der Waals surface area contributed by atoms with Gasteiger partial charge in [-0.25, -0.2) is 0 Å². The summed E-state index contributed by atoms with van der Waals surface area (Å²) in [5.74, 6) is 0. The Hall–Kier alpha value is -1.08. The van der Waals surface area contributed by atoms with Gasteiger partial charge in [0.1, 0.15) is 0 Å². The van der Waals surface area contributed by atoms with Gasteiger partial charge >= 0.3 is 0 Å². The van der Waals surface area contributed by atoms with Gasteiger partial charge in [0.15, 0.2) is 0 Å². The Morgan fingerprint density at radius 2 is 2.07 bits per heavy atom. The molecule has 1 unspecified atom stereocenters. The van der Waals surface area contributed by atoms with Crippen molar-refractivity contribution in [1.82, 2.24) is 0 Å². The first kappa shape index (κ1) is 9.47. The van der Waals surface area contributed by atoms with Gasteiger partial charge in [0.25, 0.3) is 0 Å². The molecule has 1 aromatic carbocycles. The fraction of sp³-hybridized carbons (Fsp3) is 0.385. The molecular formula is C13H16O. The molecular weight excluding hydrogens is 172 g/mol. The molecule has 1 atom stereocenters. The molecule has 1 heterocycles. The van der Waals surface area contributed by atoms with Crippen molar-refractivity contribution < 1.29 is 4.74 Å².